The van der Waals surface area contributed by atoms with Crippen molar-refractivity contribution < 1.29 is 13.9 Å². The van der Waals surface area contributed by atoms with Gasteiger partial charge in [0.1, 0.15) is 29.6 Å². The number of nitrogens with zero attached hydrogens (tertiary/aromatic N) is 4. The molecule has 0 aliphatic carbocycles. The van der Waals surface area contributed by atoms with Crippen molar-refractivity contribution in [2.45, 2.75) is 26.6 Å². The Morgan fingerprint density at radius 3 is 2.74 bits per heavy atom. The van der Waals surface area contributed by atoms with Gasteiger partial charge in [-0.25, -0.2) is 4.39 Å². The summed E-state index contributed by atoms with van der Waals surface area (Å²) >= 11 is 0. The Morgan fingerprint density at radius 2 is 1.96 bits per heavy atom. The lowest BCUT2D eigenvalue weighted by Gasteiger charge is -2.27. The van der Waals surface area contributed by atoms with Crippen LogP contribution >= 0.6 is 0 Å². The second kappa shape index (κ2) is 7.19. The number of benzene rings is 1. The first-order valence-electron chi connectivity index (χ1n) is 8.75. The molecule has 1 aliphatic rings. The van der Waals surface area contributed by atoms with Crippen LogP contribution in [0.5, 0.6) is 5.75 Å². The second-order valence-corrected chi connectivity index (χ2v) is 6.50. The Labute approximate surface area is 156 Å². The van der Waals surface area contributed by atoms with Gasteiger partial charge >= 0.3 is 0 Å². The Bertz CT molecular complexity index is 971. The molecule has 0 saturated heterocycles. The molecule has 138 valence electrons. The third-order valence-corrected chi connectivity index (χ3v) is 4.50. The second-order valence-electron chi connectivity index (χ2n) is 6.50. The molecule has 1 amide bonds. The van der Waals surface area contributed by atoms with Crippen molar-refractivity contribution in [1.29, 1.82) is 0 Å². The summed E-state index contributed by atoms with van der Waals surface area (Å²) in [6.07, 6.45) is 1.20. The smallest absolute Gasteiger partial charge is 0.272 e. The van der Waals surface area contributed by atoms with Gasteiger partial charge in [0.15, 0.2) is 0 Å². The predicted molar refractivity (Wildman–Crippen MR) is 96.7 cm³/mol. The molecule has 1 aromatic carbocycles. The maximum Gasteiger partial charge on any atom is 0.272 e. The van der Waals surface area contributed by atoms with Crippen molar-refractivity contribution in [3.8, 4) is 5.75 Å². The van der Waals surface area contributed by atoms with Crippen LogP contribution in [0.4, 0.5) is 4.39 Å². The normalized spacial score (nSPS) is 13.6. The van der Waals surface area contributed by atoms with Gasteiger partial charge in [-0.05, 0) is 36.8 Å². The number of aryl methyl sites for hydroxylation is 1. The highest BCUT2D eigenvalue weighted by atomic mass is 19.1. The summed E-state index contributed by atoms with van der Waals surface area (Å²) in [4.78, 5) is 18.6. The number of aromatic nitrogens is 3. The standard InChI is InChI=1S/C20H19FN4O2/c1-14-9-15(22-11-18(14)21)12-24-7-8-25-19(20(24)26)10-16(23-25)13-27-17-5-3-2-4-6-17/h2-6,9-11H,7-8,12-13H2,1H3. The average molecular weight is 366 g/mol. The zero-order chi connectivity index (χ0) is 18.8. The molecule has 0 radical (unpaired) electrons. The Balaban J connectivity index is 1.45. The van der Waals surface area contributed by atoms with Crippen molar-refractivity contribution in [3.63, 3.8) is 0 Å². The van der Waals surface area contributed by atoms with Crippen LogP contribution in [0.1, 0.15) is 27.4 Å². The van der Waals surface area contributed by atoms with Crippen LogP contribution in [-0.4, -0.2) is 32.1 Å². The van der Waals surface area contributed by atoms with Crippen LogP contribution in [-0.2, 0) is 19.7 Å². The zero-order valence-corrected chi connectivity index (χ0v) is 14.9. The van der Waals surface area contributed by atoms with E-state index in [2.05, 4.69) is 10.1 Å². The molecule has 0 bridgehead atoms. The van der Waals surface area contributed by atoms with Gasteiger partial charge in [0, 0.05) is 6.54 Å². The number of halogens is 1. The summed E-state index contributed by atoms with van der Waals surface area (Å²) in [6, 6.07) is 12.9. The molecule has 2 aromatic heterocycles. The number of amides is 1. The Kier molecular flexibility index (Phi) is 4.58. The van der Waals surface area contributed by atoms with Crippen LogP contribution in [0.15, 0.2) is 48.7 Å². The number of para-hydroxylation sites is 1. The van der Waals surface area contributed by atoms with Crippen LogP contribution < -0.4 is 4.74 Å². The van der Waals surface area contributed by atoms with Gasteiger partial charge in [-0.3, -0.25) is 14.5 Å². The number of carbonyl (C=O) groups excluding carboxylic acids is 1. The molecule has 0 N–H and O–H groups in total. The predicted octanol–water partition coefficient (Wildman–Crippen LogP) is 2.96. The van der Waals surface area contributed by atoms with Gasteiger partial charge in [-0.2, -0.15) is 5.10 Å². The molecular formula is C20H19FN4O2. The van der Waals surface area contributed by atoms with Crippen LogP contribution in [0.3, 0.4) is 0 Å². The van der Waals surface area contributed by atoms with Crippen molar-refractivity contribution in [1.82, 2.24) is 19.7 Å². The number of hydrogen-bond donors (Lipinski definition) is 0. The van der Waals surface area contributed by atoms with Crippen molar-refractivity contribution in [2.75, 3.05) is 6.54 Å². The topological polar surface area (TPSA) is 60.2 Å². The summed E-state index contributed by atoms with van der Waals surface area (Å²) in [5, 5.41) is 4.46. The molecular weight excluding hydrogens is 347 g/mol. The minimum absolute atomic E-state index is 0.108. The first-order valence-corrected chi connectivity index (χ1v) is 8.75. The first kappa shape index (κ1) is 17.2. The SMILES string of the molecule is Cc1cc(CN2CCn3nc(COc4ccccc4)cc3C2=O)ncc1F. The van der Waals surface area contributed by atoms with E-state index in [1.807, 2.05) is 30.3 Å². The molecule has 4 rings (SSSR count). The lowest BCUT2D eigenvalue weighted by molar-refractivity contribution is 0.0681. The molecule has 3 heterocycles. The number of rotatable bonds is 5. The molecule has 0 fully saturated rings. The molecule has 1 aliphatic heterocycles. The largest absolute Gasteiger partial charge is 0.487 e. The number of pyridine rings is 1. The molecule has 27 heavy (non-hydrogen) atoms. The quantitative estimate of drug-likeness (QED) is 0.697. The highest BCUT2D eigenvalue weighted by Gasteiger charge is 2.27. The van der Waals surface area contributed by atoms with Gasteiger partial charge in [0.25, 0.3) is 5.91 Å². The number of hydrogen-bond acceptors (Lipinski definition) is 4. The van der Waals surface area contributed by atoms with Gasteiger partial charge in [0.05, 0.1) is 25.0 Å². The number of ether oxygens (including phenoxy) is 1. The van der Waals surface area contributed by atoms with Crippen LogP contribution in [0, 0.1) is 12.7 Å². The van der Waals surface area contributed by atoms with Crippen LogP contribution in [0.25, 0.3) is 0 Å². The molecule has 0 atom stereocenters. The lowest BCUT2D eigenvalue weighted by atomic mass is 10.2. The third-order valence-electron chi connectivity index (χ3n) is 4.50. The van der Waals surface area contributed by atoms with Gasteiger partial charge in [0.2, 0.25) is 0 Å². The lowest BCUT2D eigenvalue weighted by Crippen LogP contribution is -2.40. The molecule has 7 heteroatoms. The molecule has 0 spiro atoms. The highest BCUT2D eigenvalue weighted by molar-refractivity contribution is 5.93. The molecule has 0 saturated carbocycles. The Hall–Kier alpha value is -3.22. The van der Waals surface area contributed by atoms with Gasteiger partial charge < -0.3 is 9.64 Å². The summed E-state index contributed by atoms with van der Waals surface area (Å²) in [5.41, 5.74) is 2.43. The maximum absolute atomic E-state index is 13.4. The van der Waals surface area contributed by atoms with E-state index in [-0.39, 0.29) is 11.7 Å². The van der Waals surface area contributed by atoms with E-state index >= 15 is 0 Å². The maximum atomic E-state index is 13.4. The van der Waals surface area contributed by atoms with Gasteiger partial charge in [-0.15, -0.1) is 0 Å². The van der Waals surface area contributed by atoms with Crippen molar-refractivity contribution in [3.05, 3.63) is 77.1 Å². The third kappa shape index (κ3) is 3.67. The summed E-state index contributed by atoms with van der Waals surface area (Å²) in [7, 11) is 0. The fourth-order valence-electron chi connectivity index (χ4n) is 3.07. The van der Waals surface area contributed by atoms with Gasteiger partial charge in [-0.1, -0.05) is 18.2 Å². The van der Waals surface area contributed by atoms with E-state index < -0.39 is 0 Å². The number of carbonyl (C=O) groups is 1. The van der Waals surface area contributed by atoms with Crippen LogP contribution in [0.2, 0.25) is 0 Å². The van der Waals surface area contributed by atoms with E-state index in [1.54, 1.807) is 28.6 Å². The fraction of sp³-hybridized carbons (Fsp3) is 0.250. The molecule has 3 aromatic rings. The molecule has 6 nitrogen and oxygen atoms in total. The molecule has 0 unspecified atom stereocenters. The average Bonchev–Trinajstić information content (AvgIpc) is 3.10. The van der Waals surface area contributed by atoms with E-state index in [0.29, 0.717) is 48.9 Å². The van der Waals surface area contributed by atoms with E-state index in [0.717, 1.165) is 5.75 Å². The summed E-state index contributed by atoms with van der Waals surface area (Å²) in [5.74, 6) is 0.308. The first-order chi connectivity index (χ1) is 13.1. The van der Waals surface area contributed by atoms with E-state index in [9.17, 15) is 9.18 Å². The fourth-order valence-corrected chi connectivity index (χ4v) is 3.07. The highest BCUT2D eigenvalue weighted by Crippen LogP contribution is 2.18. The minimum Gasteiger partial charge on any atom is -0.487 e. The summed E-state index contributed by atoms with van der Waals surface area (Å²) < 4.78 is 20.8. The minimum atomic E-state index is -0.343. The number of fused-ring (bicyclic) bond motifs is 1. The monoisotopic (exact) mass is 366 g/mol. The van der Waals surface area contributed by atoms with Crippen molar-refractivity contribution >= 4 is 5.91 Å². The van der Waals surface area contributed by atoms with E-state index in [1.165, 1.54) is 6.20 Å². The summed E-state index contributed by atoms with van der Waals surface area (Å²) in [6.45, 7) is 3.47. The van der Waals surface area contributed by atoms with Crippen molar-refractivity contribution in [2.24, 2.45) is 0 Å². The zero-order valence-electron chi connectivity index (χ0n) is 14.9. The van der Waals surface area contributed by atoms with E-state index in [4.69, 9.17) is 4.74 Å². The Morgan fingerprint density at radius 1 is 1.15 bits per heavy atom.